The third-order valence-corrected chi connectivity index (χ3v) is 5.71. The van der Waals surface area contributed by atoms with Gasteiger partial charge in [-0.15, -0.1) is 11.3 Å². The molecule has 0 saturated carbocycles. The second kappa shape index (κ2) is 8.11. The second-order valence-electron chi connectivity index (χ2n) is 6.98. The number of amides is 2. The molecule has 0 fully saturated rings. The molecular formula is C22H21N5O3S. The molecule has 158 valence electrons. The molecule has 8 nitrogen and oxygen atoms in total. The van der Waals surface area contributed by atoms with E-state index in [4.69, 9.17) is 10.5 Å². The van der Waals surface area contributed by atoms with Crippen LogP contribution in [0, 0.1) is 13.8 Å². The molecule has 0 bridgehead atoms. The quantitative estimate of drug-likeness (QED) is 0.426. The van der Waals surface area contributed by atoms with Gasteiger partial charge in [0.15, 0.2) is 5.13 Å². The summed E-state index contributed by atoms with van der Waals surface area (Å²) in [5, 5.41) is 5.14. The van der Waals surface area contributed by atoms with Crippen molar-refractivity contribution in [3.8, 4) is 22.7 Å². The number of carbonyl (C=O) groups excluding carboxylic acids is 2. The number of thiazole rings is 1. The van der Waals surface area contributed by atoms with Crippen molar-refractivity contribution in [2.75, 3.05) is 12.4 Å². The molecule has 4 aromatic rings. The minimum Gasteiger partial charge on any atom is -0.497 e. The molecule has 0 radical (unpaired) electrons. The third kappa shape index (κ3) is 3.95. The fourth-order valence-electron chi connectivity index (χ4n) is 3.45. The summed E-state index contributed by atoms with van der Waals surface area (Å²) in [6.07, 6.45) is 1.66. The van der Waals surface area contributed by atoms with Crippen LogP contribution in [0.25, 0.3) is 16.9 Å². The average Bonchev–Trinajstić information content (AvgIpc) is 3.47. The topological polar surface area (TPSA) is 115 Å². The number of nitrogens with two attached hydrogens (primary N) is 1. The number of nitrogens with one attached hydrogen (secondary N) is 2. The van der Waals surface area contributed by atoms with E-state index in [1.54, 1.807) is 19.4 Å². The van der Waals surface area contributed by atoms with Gasteiger partial charge in [0, 0.05) is 40.3 Å². The van der Waals surface area contributed by atoms with Gasteiger partial charge < -0.3 is 20.0 Å². The first-order valence-corrected chi connectivity index (χ1v) is 10.3. The number of carbonyl (C=O) groups is 2. The maximum atomic E-state index is 12.9. The van der Waals surface area contributed by atoms with Gasteiger partial charge in [-0.05, 0) is 38.1 Å². The van der Waals surface area contributed by atoms with Crippen LogP contribution in [0.3, 0.4) is 0 Å². The number of hydrogen-bond donors (Lipinski definition) is 3. The standard InChI is InChI=1S/C22H21N5O3S/c1-12-7-17(13(2)27(12)15-5-4-6-16(9-15)30-3)21(29)26-22-25-19(11-31-22)14-8-18(20(23)28)24-10-14/h4-11,24H,1-3H3,(H2,23,28)(H,25,26,29). The van der Waals surface area contributed by atoms with Crippen molar-refractivity contribution in [3.05, 3.63) is 70.6 Å². The molecule has 1 aromatic carbocycles. The van der Waals surface area contributed by atoms with Gasteiger partial charge in [0.25, 0.3) is 11.8 Å². The van der Waals surface area contributed by atoms with E-state index in [0.717, 1.165) is 28.4 Å². The van der Waals surface area contributed by atoms with E-state index in [1.807, 2.05) is 54.1 Å². The van der Waals surface area contributed by atoms with E-state index in [0.29, 0.717) is 22.1 Å². The van der Waals surface area contributed by atoms with E-state index < -0.39 is 5.91 Å². The van der Waals surface area contributed by atoms with Gasteiger partial charge >= 0.3 is 0 Å². The smallest absolute Gasteiger partial charge is 0.265 e. The molecule has 0 saturated heterocycles. The van der Waals surface area contributed by atoms with Crippen molar-refractivity contribution < 1.29 is 14.3 Å². The SMILES string of the molecule is COc1cccc(-n2c(C)cc(C(=O)Nc3nc(-c4c[nH]c(C(N)=O)c4)cs3)c2C)c1. The number of aromatic amines is 1. The van der Waals surface area contributed by atoms with Gasteiger partial charge in [-0.25, -0.2) is 4.98 Å². The van der Waals surface area contributed by atoms with Gasteiger partial charge in [-0.3, -0.25) is 14.9 Å². The Bertz CT molecular complexity index is 1280. The number of hydrogen-bond acceptors (Lipinski definition) is 5. The van der Waals surface area contributed by atoms with E-state index in [2.05, 4.69) is 15.3 Å². The molecule has 3 aromatic heterocycles. The first kappa shape index (κ1) is 20.4. The lowest BCUT2D eigenvalue weighted by atomic mass is 10.2. The van der Waals surface area contributed by atoms with Crippen molar-refractivity contribution in [1.29, 1.82) is 0 Å². The van der Waals surface area contributed by atoms with Crippen molar-refractivity contribution in [3.63, 3.8) is 0 Å². The Labute approximate surface area is 182 Å². The Morgan fingerprint density at radius 3 is 2.74 bits per heavy atom. The Kier molecular flexibility index (Phi) is 5.35. The summed E-state index contributed by atoms with van der Waals surface area (Å²) >= 11 is 1.31. The summed E-state index contributed by atoms with van der Waals surface area (Å²) in [6.45, 7) is 3.85. The van der Waals surface area contributed by atoms with Crippen LogP contribution >= 0.6 is 11.3 Å². The summed E-state index contributed by atoms with van der Waals surface area (Å²) in [7, 11) is 1.62. The molecule has 0 unspecified atom stereocenters. The predicted octanol–water partition coefficient (Wildman–Crippen LogP) is 3.91. The molecule has 4 rings (SSSR count). The monoisotopic (exact) mass is 435 g/mol. The van der Waals surface area contributed by atoms with Crippen LogP contribution < -0.4 is 15.8 Å². The van der Waals surface area contributed by atoms with E-state index in [1.165, 1.54) is 11.3 Å². The van der Waals surface area contributed by atoms with E-state index >= 15 is 0 Å². The molecular weight excluding hydrogens is 414 g/mol. The average molecular weight is 436 g/mol. The van der Waals surface area contributed by atoms with Crippen molar-refractivity contribution in [1.82, 2.24) is 14.5 Å². The lowest BCUT2D eigenvalue weighted by Crippen LogP contribution is -2.13. The number of anilines is 1. The Morgan fingerprint density at radius 1 is 1.23 bits per heavy atom. The number of rotatable bonds is 6. The predicted molar refractivity (Wildman–Crippen MR) is 120 cm³/mol. The minimum atomic E-state index is -0.540. The number of H-pyrrole nitrogens is 1. The highest BCUT2D eigenvalue weighted by molar-refractivity contribution is 7.14. The van der Waals surface area contributed by atoms with Crippen LogP contribution in [0.1, 0.15) is 32.2 Å². The number of aromatic nitrogens is 3. The highest BCUT2D eigenvalue weighted by Gasteiger charge is 2.18. The normalized spacial score (nSPS) is 10.8. The van der Waals surface area contributed by atoms with Crippen molar-refractivity contribution in [2.45, 2.75) is 13.8 Å². The molecule has 0 aliphatic heterocycles. The van der Waals surface area contributed by atoms with Gasteiger partial charge in [0.05, 0.1) is 18.4 Å². The summed E-state index contributed by atoms with van der Waals surface area (Å²) in [6, 6.07) is 11.2. The molecule has 3 heterocycles. The molecule has 2 amide bonds. The summed E-state index contributed by atoms with van der Waals surface area (Å²) in [5.41, 5.74) is 10.2. The number of ether oxygens (including phenoxy) is 1. The lowest BCUT2D eigenvalue weighted by molar-refractivity contribution is 0.0994. The van der Waals surface area contributed by atoms with Gasteiger partial charge in [-0.1, -0.05) is 6.07 Å². The molecule has 0 aliphatic rings. The van der Waals surface area contributed by atoms with Gasteiger partial charge in [0.1, 0.15) is 11.4 Å². The lowest BCUT2D eigenvalue weighted by Gasteiger charge is -2.11. The van der Waals surface area contributed by atoms with E-state index in [-0.39, 0.29) is 5.91 Å². The molecule has 0 atom stereocenters. The molecule has 9 heteroatoms. The Hall–Kier alpha value is -3.85. The van der Waals surface area contributed by atoms with Crippen molar-refractivity contribution in [2.24, 2.45) is 5.73 Å². The number of primary amides is 1. The highest BCUT2D eigenvalue weighted by atomic mass is 32.1. The zero-order chi connectivity index (χ0) is 22.1. The fraction of sp³-hybridized carbons (Fsp3) is 0.136. The zero-order valence-corrected chi connectivity index (χ0v) is 18.0. The van der Waals surface area contributed by atoms with Crippen molar-refractivity contribution >= 4 is 28.3 Å². The maximum absolute atomic E-state index is 12.9. The van der Waals surface area contributed by atoms with Crippen LogP contribution in [-0.4, -0.2) is 33.5 Å². The summed E-state index contributed by atoms with van der Waals surface area (Å²) in [4.78, 5) is 31.5. The van der Waals surface area contributed by atoms with Crippen LogP contribution in [0.15, 0.2) is 48.0 Å². The number of methoxy groups -OCH3 is 1. The Morgan fingerprint density at radius 2 is 2.03 bits per heavy atom. The van der Waals surface area contributed by atoms with Crippen LogP contribution in [0.4, 0.5) is 5.13 Å². The first-order chi connectivity index (χ1) is 14.9. The van der Waals surface area contributed by atoms with Gasteiger partial charge in [-0.2, -0.15) is 0 Å². The molecule has 4 N–H and O–H groups in total. The largest absolute Gasteiger partial charge is 0.497 e. The van der Waals surface area contributed by atoms with Gasteiger partial charge in [0.2, 0.25) is 0 Å². The van der Waals surface area contributed by atoms with E-state index in [9.17, 15) is 9.59 Å². The summed E-state index contributed by atoms with van der Waals surface area (Å²) in [5.74, 6) is -0.0352. The summed E-state index contributed by atoms with van der Waals surface area (Å²) < 4.78 is 7.33. The first-order valence-electron chi connectivity index (χ1n) is 9.46. The second-order valence-corrected chi connectivity index (χ2v) is 7.84. The van der Waals surface area contributed by atoms with Crippen LogP contribution in [-0.2, 0) is 0 Å². The third-order valence-electron chi connectivity index (χ3n) is 4.96. The van der Waals surface area contributed by atoms with Crippen LogP contribution in [0.2, 0.25) is 0 Å². The molecule has 31 heavy (non-hydrogen) atoms. The number of nitrogens with zero attached hydrogens (tertiary/aromatic N) is 2. The fourth-order valence-corrected chi connectivity index (χ4v) is 4.17. The highest BCUT2D eigenvalue weighted by Crippen LogP contribution is 2.27. The minimum absolute atomic E-state index is 0.241. The zero-order valence-electron chi connectivity index (χ0n) is 17.2. The maximum Gasteiger partial charge on any atom is 0.265 e. The Balaban J connectivity index is 1.57. The number of aryl methyl sites for hydroxylation is 1. The molecule has 0 aliphatic carbocycles. The van der Waals surface area contributed by atoms with Crippen LogP contribution in [0.5, 0.6) is 5.75 Å². The number of benzene rings is 1. The molecule has 0 spiro atoms.